The molecular formula is C69H120O6. The van der Waals surface area contributed by atoms with E-state index in [0.717, 1.165) is 89.9 Å². The molecule has 0 fully saturated rings. The predicted octanol–water partition coefficient (Wildman–Crippen LogP) is 21.9. The third-order valence-corrected chi connectivity index (χ3v) is 13.8. The highest BCUT2D eigenvalue weighted by molar-refractivity contribution is 5.71. The summed E-state index contributed by atoms with van der Waals surface area (Å²) in [6, 6.07) is 0. The highest BCUT2D eigenvalue weighted by atomic mass is 16.6. The van der Waals surface area contributed by atoms with Gasteiger partial charge in [0, 0.05) is 19.3 Å². The molecule has 0 spiro atoms. The summed E-state index contributed by atoms with van der Waals surface area (Å²) in [6.07, 6.45) is 82.9. The van der Waals surface area contributed by atoms with Crippen molar-refractivity contribution in [2.24, 2.45) is 0 Å². The van der Waals surface area contributed by atoms with Crippen molar-refractivity contribution >= 4 is 17.9 Å². The van der Waals surface area contributed by atoms with Gasteiger partial charge in [-0.2, -0.15) is 0 Å². The van der Waals surface area contributed by atoms with Crippen LogP contribution in [0.25, 0.3) is 0 Å². The Morgan fingerprint density at radius 1 is 0.267 bits per heavy atom. The largest absolute Gasteiger partial charge is 0.462 e. The van der Waals surface area contributed by atoms with Crippen LogP contribution in [0.4, 0.5) is 0 Å². The molecule has 6 nitrogen and oxygen atoms in total. The van der Waals surface area contributed by atoms with Gasteiger partial charge in [-0.1, -0.05) is 260 Å². The van der Waals surface area contributed by atoms with Gasteiger partial charge in [0.2, 0.25) is 0 Å². The molecule has 0 aliphatic heterocycles. The van der Waals surface area contributed by atoms with Crippen molar-refractivity contribution in [3.05, 3.63) is 85.1 Å². The summed E-state index contributed by atoms with van der Waals surface area (Å²) in [7, 11) is 0. The highest BCUT2D eigenvalue weighted by Gasteiger charge is 2.19. The summed E-state index contributed by atoms with van der Waals surface area (Å²) in [5, 5.41) is 0. The van der Waals surface area contributed by atoms with E-state index in [1.165, 1.54) is 186 Å². The molecule has 0 aliphatic carbocycles. The van der Waals surface area contributed by atoms with Crippen LogP contribution in [0.2, 0.25) is 0 Å². The molecule has 0 bridgehead atoms. The Kier molecular flexibility index (Phi) is 60.3. The zero-order valence-corrected chi connectivity index (χ0v) is 49.6. The van der Waals surface area contributed by atoms with E-state index >= 15 is 0 Å². The van der Waals surface area contributed by atoms with Gasteiger partial charge in [-0.05, 0) is 122 Å². The van der Waals surface area contributed by atoms with Crippen molar-refractivity contribution < 1.29 is 28.6 Å². The molecule has 1 atom stereocenters. The molecule has 0 aliphatic rings. The van der Waals surface area contributed by atoms with Crippen LogP contribution in [-0.4, -0.2) is 37.2 Å². The van der Waals surface area contributed by atoms with Gasteiger partial charge in [0.05, 0.1) is 0 Å². The van der Waals surface area contributed by atoms with E-state index < -0.39 is 6.10 Å². The molecule has 0 unspecified atom stereocenters. The highest BCUT2D eigenvalue weighted by Crippen LogP contribution is 2.16. The molecule has 0 N–H and O–H groups in total. The van der Waals surface area contributed by atoms with Crippen LogP contribution in [0.5, 0.6) is 0 Å². The lowest BCUT2D eigenvalue weighted by atomic mass is 10.1. The summed E-state index contributed by atoms with van der Waals surface area (Å²) in [5.41, 5.74) is 0. The predicted molar refractivity (Wildman–Crippen MR) is 325 cm³/mol. The fourth-order valence-electron chi connectivity index (χ4n) is 8.98. The summed E-state index contributed by atoms with van der Waals surface area (Å²) in [5.74, 6) is -0.915. The van der Waals surface area contributed by atoms with Gasteiger partial charge in [-0.15, -0.1) is 0 Å². The quantitative estimate of drug-likeness (QED) is 0.0261. The normalized spacial score (nSPS) is 12.6. The Bertz CT molecular complexity index is 1430. The molecule has 0 heterocycles. The summed E-state index contributed by atoms with van der Waals surface area (Å²) in [6.45, 7) is 6.58. The van der Waals surface area contributed by atoms with Crippen molar-refractivity contribution in [1.82, 2.24) is 0 Å². The Labute approximate surface area is 465 Å². The van der Waals surface area contributed by atoms with E-state index in [-0.39, 0.29) is 31.1 Å². The van der Waals surface area contributed by atoms with Crippen LogP contribution >= 0.6 is 0 Å². The molecule has 0 saturated carbocycles. The second-order valence-corrected chi connectivity index (χ2v) is 21.3. The lowest BCUT2D eigenvalue weighted by molar-refractivity contribution is -0.167. The molecule has 0 rings (SSSR count). The second kappa shape index (κ2) is 63.1. The molecule has 0 aromatic heterocycles. The number of hydrogen-bond acceptors (Lipinski definition) is 6. The fraction of sp³-hybridized carbons (Fsp3) is 0.754. The van der Waals surface area contributed by atoms with Gasteiger partial charge in [-0.3, -0.25) is 14.4 Å². The number of rotatable bonds is 58. The topological polar surface area (TPSA) is 78.9 Å². The van der Waals surface area contributed by atoms with E-state index in [2.05, 4.69) is 106 Å². The van der Waals surface area contributed by atoms with Gasteiger partial charge >= 0.3 is 17.9 Å². The third-order valence-electron chi connectivity index (χ3n) is 13.8. The smallest absolute Gasteiger partial charge is 0.306 e. The number of carbonyl (C=O) groups is 3. The Morgan fingerprint density at radius 2 is 0.480 bits per heavy atom. The van der Waals surface area contributed by atoms with Crippen molar-refractivity contribution in [3.63, 3.8) is 0 Å². The first-order chi connectivity index (χ1) is 37.0. The zero-order chi connectivity index (χ0) is 54.3. The minimum atomic E-state index is -0.795. The minimum Gasteiger partial charge on any atom is -0.462 e. The van der Waals surface area contributed by atoms with Crippen molar-refractivity contribution in [2.45, 2.75) is 322 Å². The molecule has 0 saturated heterocycles. The first kappa shape index (κ1) is 71.6. The van der Waals surface area contributed by atoms with Crippen LogP contribution in [0, 0.1) is 0 Å². The first-order valence-corrected chi connectivity index (χ1v) is 32.1. The third kappa shape index (κ3) is 61.3. The molecule has 6 heteroatoms. The Balaban J connectivity index is 4.44. The molecule has 0 radical (unpaired) electrons. The molecule has 75 heavy (non-hydrogen) atoms. The Morgan fingerprint density at radius 3 is 0.800 bits per heavy atom. The van der Waals surface area contributed by atoms with Crippen molar-refractivity contribution in [3.8, 4) is 0 Å². The zero-order valence-electron chi connectivity index (χ0n) is 49.6. The fourth-order valence-corrected chi connectivity index (χ4v) is 8.98. The van der Waals surface area contributed by atoms with Gasteiger partial charge in [0.25, 0.3) is 0 Å². The molecule has 0 aromatic rings. The first-order valence-electron chi connectivity index (χ1n) is 32.1. The maximum Gasteiger partial charge on any atom is 0.306 e. The van der Waals surface area contributed by atoms with E-state index in [1.807, 2.05) is 0 Å². The molecule has 0 aromatic carbocycles. The Hall–Kier alpha value is -3.41. The van der Waals surface area contributed by atoms with E-state index in [9.17, 15) is 14.4 Å². The molecule has 432 valence electrons. The number of ether oxygens (including phenoxy) is 3. The van der Waals surface area contributed by atoms with Crippen molar-refractivity contribution in [1.29, 1.82) is 0 Å². The number of carbonyl (C=O) groups excluding carboxylic acids is 3. The van der Waals surface area contributed by atoms with Crippen LogP contribution < -0.4 is 0 Å². The lowest BCUT2D eigenvalue weighted by Gasteiger charge is -2.18. The SMILES string of the molecule is CCCCC/C=C/C/C=C/C/C=C/C/C=C/CCCCCC(=O)OC[C@@H](COC(=O)CCCCCCCCCCC/C=C/CCCCCCCC)OC(=O)CCCCCCCCCCC/C=C/C/C=C/CCCCC. The minimum absolute atomic E-state index is 0.0886. The number of hydrogen-bond donors (Lipinski definition) is 0. The average Bonchev–Trinajstić information content (AvgIpc) is 3.41. The van der Waals surface area contributed by atoms with E-state index in [1.54, 1.807) is 0 Å². The van der Waals surface area contributed by atoms with Gasteiger partial charge < -0.3 is 14.2 Å². The summed E-state index contributed by atoms with van der Waals surface area (Å²) in [4.78, 5) is 38.3. The second-order valence-electron chi connectivity index (χ2n) is 21.3. The number of allylic oxidation sites excluding steroid dienone is 14. The van der Waals surface area contributed by atoms with Crippen LogP contribution in [0.15, 0.2) is 85.1 Å². The van der Waals surface area contributed by atoms with Crippen LogP contribution in [-0.2, 0) is 28.6 Å². The standard InChI is InChI=1S/C69H120O6/c1-4-7-10-13-16-19-22-25-28-31-34-37-40-43-46-49-52-55-58-61-67(70)73-64-66(75-69(72)63-60-57-54-51-48-45-42-39-36-33-30-27-24-21-18-15-12-9-6-3)65-74-68(71)62-59-56-53-50-47-44-41-38-35-32-29-26-23-20-17-14-11-8-5-2/h16,18-19,21,25-30,34,37,43,46,66H,4-15,17,20,22-24,31-33,35-36,38-42,44-45,47-65H2,1-3H3/b19-16+,21-18+,28-25+,29-26+,30-27+,37-34+,46-43+/t66-/m0/s1. The van der Waals surface area contributed by atoms with Crippen molar-refractivity contribution in [2.75, 3.05) is 13.2 Å². The monoisotopic (exact) mass is 1040 g/mol. The van der Waals surface area contributed by atoms with E-state index in [0.29, 0.717) is 19.3 Å². The molecule has 0 amide bonds. The lowest BCUT2D eigenvalue weighted by Crippen LogP contribution is -2.30. The summed E-state index contributed by atoms with van der Waals surface area (Å²) < 4.78 is 16.9. The maximum atomic E-state index is 12.9. The average molecular weight is 1050 g/mol. The summed E-state index contributed by atoms with van der Waals surface area (Å²) >= 11 is 0. The maximum absolute atomic E-state index is 12.9. The number of unbranched alkanes of at least 4 members (excludes halogenated alkanes) is 33. The molecular weight excluding hydrogens is 925 g/mol. The van der Waals surface area contributed by atoms with Gasteiger partial charge in [0.15, 0.2) is 6.10 Å². The van der Waals surface area contributed by atoms with Crippen LogP contribution in [0.3, 0.4) is 0 Å². The van der Waals surface area contributed by atoms with Gasteiger partial charge in [-0.25, -0.2) is 0 Å². The number of esters is 3. The van der Waals surface area contributed by atoms with Gasteiger partial charge in [0.1, 0.15) is 13.2 Å². The van der Waals surface area contributed by atoms with Crippen LogP contribution in [0.1, 0.15) is 316 Å². The van der Waals surface area contributed by atoms with E-state index in [4.69, 9.17) is 14.2 Å².